The Morgan fingerprint density at radius 1 is 0.900 bits per heavy atom. The Labute approximate surface area is 194 Å². The van der Waals surface area contributed by atoms with Gasteiger partial charge < -0.3 is 26.1 Å². The SMILES string of the molecule is O=P(O)(O)O.P.[Ca+2].[Ca+2].[Ca+2].[Ca+2].[H-].[H-].[H-].[H-].[H-].[H-].[H-].[H-]. The first-order valence-corrected chi connectivity index (χ1v) is 2.35. The van der Waals surface area contributed by atoms with E-state index in [-0.39, 0.29) is 172 Å². The van der Waals surface area contributed by atoms with Gasteiger partial charge in [0.05, 0.1) is 0 Å². The van der Waals surface area contributed by atoms with Crippen molar-refractivity contribution in [3.63, 3.8) is 0 Å². The van der Waals surface area contributed by atoms with Gasteiger partial charge in [0.25, 0.3) is 0 Å². The molecule has 0 rings (SSSR count). The predicted molar refractivity (Wildman–Crippen MR) is 57.3 cm³/mol. The van der Waals surface area contributed by atoms with Crippen molar-refractivity contribution in [3.8, 4) is 0 Å². The van der Waals surface area contributed by atoms with Gasteiger partial charge >= 0.3 is 159 Å². The van der Waals surface area contributed by atoms with E-state index in [1.165, 1.54) is 0 Å². The Balaban J connectivity index is -0.00000000103. The fraction of sp³-hybridized carbons (Fsp3) is 0. The molecule has 0 aromatic heterocycles. The molecular formula is H14Ca4O4P2. The van der Waals surface area contributed by atoms with Crippen LogP contribution in [0.25, 0.3) is 0 Å². The molecule has 0 aromatic carbocycles. The normalized spacial score (nSPS) is 5.90. The Bertz CT molecular complexity index is 79.2. The zero-order valence-electron chi connectivity index (χ0n) is 13.7. The monoisotopic (exact) mass is 300 g/mol. The third-order valence-corrected chi connectivity index (χ3v) is 0. The summed E-state index contributed by atoms with van der Waals surface area (Å²) in [6, 6.07) is 0. The fourth-order valence-corrected chi connectivity index (χ4v) is 0. The van der Waals surface area contributed by atoms with Crippen LogP contribution in [0.4, 0.5) is 0 Å². The van der Waals surface area contributed by atoms with Gasteiger partial charge in [0.2, 0.25) is 0 Å². The second-order valence-electron chi connectivity index (χ2n) is 0.513. The molecule has 0 spiro atoms. The van der Waals surface area contributed by atoms with E-state index in [4.69, 9.17) is 19.2 Å². The summed E-state index contributed by atoms with van der Waals surface area (Å²) in [5.41, 5.74) is 0. The van der Waals surface area contributed by atoms with Crippen molar-refractivity contribution in [1.29, 1.82) is 0 Å². The minimum absolute atomic E-state index is 0. The first kappa shape index (κ1) is 36.1. The van der Waals surface area contributed by atoms with E-state index in [1.807, 2.05) is 0 Å². The van der Waals surface area contributed by atoms with Crippen LogP contribution in [0.1, 0.15) is 11.4 Å². The fourth-order valence-electron chi connectivity index (χ4n) is 0. The number of hydrogen-bond acceptors (Lipinski definition) is 1. The molecule has 0 heterocycles. The van der Waals surface area contributed by atoms with Gasteiger partial charge in [0.1, 0.15) is 0 Å². The van der Waals surface area contributed by atoms with Gasteiger partial charge in [-0.25, -0.2) is 4.57 Å². The van der Waals surface area contributed by atoms with Crippen molar-refractivity contribution in [2.75, 3.05) is 0 Å². The average Bonchev–Trinajstić information content (AvgIpc) is 0.722. The molecule has 0 saturated heterocycles. The largest absolute Gasteiger partial charge is 2.00 e. The van der Waals surface area contributed by atoms with Crippen molar-refractivity contribution < 1.29 is 30.7 Å². The maximum absolute atomic E-state index is 8.88. The van der Waals surface area contributed by atoms with Crippen LogP contribution < -0.4 is 0 Å². The summed E-state index contributed by atoms with van der Waals surface area (Å²) in [4.78, 5) is 21.6. The summed E-state index contributed by atoms with van der Waals surface area (Å²) < 4.78 is 8.88. The second kappa shape index (κ2) is 20.1. The molecule has 1 unspecified atom stereocenters. The zero-order valence-corrected chi connectivity index (χ0v) is 16.9. The van der Waals surface area contributed by atoms with Crippen LogP contribution in [0.3, 0.4) is 0 Å². The molecule has 56 valence electrons. The first-order chi connectivity index (χ1) is 2.00. The molecule has 0 fully saturated rings. The molecule has 0 radical (unpaired) electrons. The summed E-state index contributed by atoms with van der Waals surface area (Å²) in [7, 11) is -4.64. The minimum atomic E-state index is -4.64. The van der Waals surface area contributed by atoms with Gasteiger partial charge in [-0.3, -0.25) is 0 Å². The van der Waals surface area contributed by atoms with Crippen molar-refractivity contribution >= 4 is 169 Å². The Kier molecular flexibility index (Phi) is 72.4. The molecule has 3 N–H and O–H groups in total. The topological polar surface area (TPSA) is 77.8 Å². The Morgan fingerprint density at radius 3 is 0.900 bits per heavy atom. The van der Waals surface area contributed by atoms with E-state index in [9.17, 15) is 0 Å². The third kappa shape index (κ3) is 69.0. The van der Waals surface area contributed by atoms with Gasteiger partial charge in [-0.2, -0.15) is 9.90 Å². The van der Waals surface area contributed by atoms with Crippen molar-refractivity contribution in [2.24, 2.45) is 0 Å². The van der Waals surface area contributed by atoms with Gasteiger partial charge in [0.15, 0.2) is 0 Å². The average molecular weight is 300 g/mol. The van der Waals surface area contributed by atoms with Gasteiger partial charge in [-0.15, -0.1) is 0 Å². The van der Waals surface area contributed by atoms with E-state index in [1.54, 1.807) is 0 Å². The third-order valence-electron chi connectivity index (χ3n) is 0. The molecule has 0 aliphatic carbocycles. The Hall–Kier alpha value is 5.58. The molecular weight excluding hydrogens is 286 g/mol. The molecule has 1 atom stereocenters. The van der Waals surface area contributed by atoms with E-state index in [0.717, 1.165) is 0 Å². The predicted octanol–water partition coefficient (Wildman–Crippen LogP) is -1.49. The smallest absolute Gasteiger partial charge is 1.00 e. The minimum Gasteiger partial charge on any atom is -1.00 e. The van der Waals surface area contributed by atoms with Crippen LogP contribution in [0, 0.1) is 0 Å². The summed E-state index contributed by atoms with van der Waals surface area (Å²) >= 11 is 0. The van der Waals surface area contributed by atoms with Gasteiger partial charge in [-0.05, 0) is 0 Å². The summed E-state index contributed by atoms with van der Waals surface area (Å²) in [6.07, 6.45) is 0. The maximum Gasteiger partial charge on any atom is 2.00 e. The van der Waals surface area contributed by atoms with Crippen LogP contribution in [-0.4, -0.2) is 166 Å². The molecule has 0 aliphatic rings. The molecule has 0 saturated carbocycles. The zero-order chi connectivity index (χ0) is 4.50. The van der Waals surface area contributed by atoms with Crippen molar-refractivity contribution in [2.45, 2.75) is 0 Å². The Morgan fingerprint density at radius 2 is 0.900 bits per heavy atom. The van der Waals surface area contributed by atoms with Crippen LogP contribution in [0.2, 0.25) is 0 Å². The van der Waals surface area contributed by atoms with Gasteiger partial charge in [-0.1, -0.05) is 0 Å². The van der Waals surface area contributed by atoms with E-state index in [2.05, 4.69) is 0 Å². The second-order valence-corrected chi connectivity index (χ2v) is 1.54. The standard InChI is InChI=1S/4Ca.H3O4P.H3P.8H/c;;;;1-5(2,3)4;;;;;;;;;/h;;;;(H3,1,2,3,4);1H3;;;;;;;;/q4*+2;;;8*-1. The summed E-state index contributed by atoms with van der Waals surface area (Å²) in [5.74, 6) is 0. The number of hydrogen-bond donors (Lipinski definition) is 3. The summed E-state index contributed by atoms with van der Waals surface area (Å²) in [6.45, 7) is 0. The van der Waals surface area contributed by atoms with Gasteiger partial charge in [0, 0.05) is 0 Å². The number of rotatable bonds is 0. The summed E-state index contributed by atoms with van der Waals surface area (Å²) in [5, 5.41) is 0. The molecule has 10 heteroatoms. The number of phosphoric acid groups is 1. The van der Waals surface area contributed by atoms with Crippen LogP contribution in [0.5, 0.6) is 0 Å². The molecule has 4 nitrogen and oxygen atoms in total. The van der Waals surface area contributed by atoms with Crippen LogP contribution in [0.15, 0.2) is 0 Å². The van der Waals surface area contributed by atoms with Crippen molar-refractivity contribution in [1.82, 2.24) is 0 Å². The quantitative estimate of drug-likeness (QED) is 0.376. The van der Waals surface area contributed by atoms with E-state index >= 15 is 0 Å². The molecule has 10 heavy (non-hydrogen) atoms. The molecule has 0 aliphatic heterocycles. The molecule has 0 aromatic rings. The van der Waals surface area contributed by atoms with Crippen molar-refractivity contribution in [3.05, 3.63) is 0 Å². The van der Waals surface area contributed by atoms with Crippen LogP contribution >= 0.6 is 17.7 Å². The maximum atomic E-state index is 8.88. The molecule has 0 bridgehead atoms. The molecule has 0 amide bonds. The van der Waals surface area contributed by atoms with Crippen LogP contribution in [-0.2, 0) is 4.57 Å². The van der Waals surface area contributed by atoms with E-state index < -0.39 is 7.82 Å². The first-order valence-electron chi connectivity index (χ1n) is 0.783. The van der Waals surface area contributed by atoms with E-state index in [0.29, 0.717) is 0 Å².